The zero-order chi connectivity index (χ0) is 14.4. The fourth-order valence-corrected chi connectivity index (χ4v) is 4.11. The van der Waals surface area contributed by atoms with E-state index in [1.165, 1.54) is 19.3 Å². The topological polar surface area (TPSA) is 72.2 Å². The van der Waals surface area contributed by atoms with Crippen molar-refractivity contribution in [3.8, 4) is 0 Å². The van der Waals surface area contributed by atoms with Crippen LogP contribution in [0.2, 0.25) is 0 Å². The molecule has 0 aliphatic heterocycles. The Hall–Kier alpha value is -1.36. The predicted octanol–water partition coefficient (Wildman–Crippen LogP) is 2.68. The lowest BCUT2D eigenvalue weighted by atomic mass is 10.0. The zero-order valence-corrected chi connectivity index (χ0v) is 12.5. The number of carbonyl (C=O) groups is 1. The number of anilines is 2. The quantitative estimate of drug-likeness (QED) is 0.820. The van der Waals surface area contributed by atoms with E-state index >= 15 is 0 Å². The predicted molar refractivity (Wildman–Crippen MR) is 84.0 cm³/mol. The Morgan fingerprint density at radius 2 is 2.05 bits per heavy atom. The highest BCUT2D eigenvalue weighted by atomic mass is 32.2. The van der Waals surface area contributed by atoms with E-state index in [4.69, 9.17) is 5.73 Å². The van der Waals surface area contributed by atoms with Gasteiger partial charge in [-0.2, -0.15) is 0 Å². The molecule has 4 nitrogen and oxygen atoms in total. The van der Waals surface area contributed by atoms with Gasteiger partial charge < -0.3 is 11.1 Å². The molecule has 20 heavy (non-hydrogen) atoms. The average molecular weight is 294 g/mol. The molecule has 0 spiro atoms. The number of nitrogens with two attached hydrogens (primary N) is 1. The van der Waals surface area contributed by atoms with Crippen LogP contribution in [-0.2, 0) is 15.6 Å². The molecule has 2 rings (SSSR count). The number of hydrogen-bond acceptors (Lipinski definition) is 3. The van der Waals surface area contributed by atoms with Crippen LogP contribution in [0, 0.1) is 0 Å². The summed E-state index contributed by atoms with van der Waals surface area (Å²) < 4.78 is 12.1. The number of nitrogen functional groups attached to an aromatic ring is 1. The van der Waals surface area contributed by atoms with Gasteiger partial charge in [-0.05, 0) is 31.0 Å². The third-order valence-corrected chi connectivity index (χ3v) is 5.45. The second kappa shape index (κ2) is 7.43. The molecule has 1 atom stereocenters. The van der Waals surface area contributed by atoms with Crippen molar-refractivity contribution in [3.63, 3.8) is 0 Å². The number of carbonyl (C=O) groups excluding carboxylic acids is 1. The molecule has 0 aromatic heterocycles. The van der Waals surface area contributed by atoms with Crippen LogP contribution < -0.4 is 11.1 Å². The Balaban J connectivity index is 1.75. The lowest BCUT2D eigenvalue weighted by molar-refractivity contribution is -0.115. The maximum atomic E-state index is 12.1. The molecular weight excluding hydrogens is 272 g/mol. The number of amides is 1. The van der Waals surface area contributed by atoms with Gasteiger partial charge in [0.15, 0.2) is 0 Å². The van der Waals surface area contributed by atoms with Crippen molar-refractivity contribution in [2.75, 3.05) is 16.8 Å². The smallest absolute Gasteiger partial charge is 0.225 e. The summed E-state index contributed by atoms with van der Waals surface area (Å²) in [6.07, 6.45) is 5.99. The van der Waals surface area contributed by atoms with Gasteiger partial charge in [0.2, 0.25) is 5.91 Å². The van der Waals surface area contributed by atoms with E-state index in [-0.39, 0.29) is 5.91 Å². The van der Waals surface area contributed by atoms with E-state index in [0.29, 0.717) is 28.8 Å². The van der Waals surface area contributed by atoms with Gasteiger partial charge in [-0.15, -0.1) is 0 Å². The van der Waals surface area contributed by atoms with E-state index in [2.05, 4.69) is 5.32 Å². The first kappa shape index (κ1) is 15.0. The minimum Gasteiger partial charge on any atom is -0.399 e. The molecule has 0 bridgehead atoms. The van der Waals surface area contributed by atoms with Crippen molar-refractivity contribution < 1.29 is 9.00 Å². The van der Waals surface area contributed by atoms with Gasteiger partial charge in [0.1, 0.15) is 0 Å². The van der Waals surface area contributed by atoms with Crippen LogP contribution >= 0.6 is 0 Å². The Morgan fingerprint density at radius 3 is 2.75 bits per heavy atom. The van der Waals surface area contributed by atoms with Crippen molar-refractivity contribution in [1.29, 1.82) is 0 Å². The van der Waals surface area contributed by atoms with Gasteiger partial charge in [-0.1, -0.05) is 25.3 Å². The maximum Gasteiger partial charge on any atom is 0.225 e. The summed E-state index contributed by atoms with van der Waals surface area (Å²) in [5, 5.41) is 3.08. The SMILES string of the molecule is Nc1cccc(NC(=O)CCS(=O)C2CCCCC2)c1. The van der Waals surface area contributed by atoms with Crippen molar-refractivity contribution in [3.05, 3.63) is 24.3 Å². The molecule has 1 saturated carbocycles. The lowest BCUT2D eigenvalue weighted by Gasteiger charge is -2.20. The monoisotopic (exact) mass is 294 g/mol. The van der Waals surface area contributed by atoms with Crippen molar-refractivity contribution in [1.82, 2.24) is 0 Å². The highest BCUT2D eigenvalue weighted by molar-refractivity contribution is 7.85. The van der Waals surface area contributed by atoms with E-state index in [0.717, 1.165) is 12.8 Å². The van der Waals surface area contributed by atoms with Crippen LogP contribution in [0.3, 0.4) is 0 Å². The maximum absolute atomic E-state index is 12.1. The third kappa shape index (κ3) is 4.63. The molecule has 0 heterocycles. The summed E-state index contributed by atoms with van der Waals surface area (Å²) in [5.74, 6) is 0.360. The van der Waals surface area contributed by atoms with Crippen LogP contribution in [0.4, 0.5) is 11.4 Å². The molecule has 0 saturated heterocycles. The summed E-state index contributed by atoms with van der Waals surface area (Å²) in [5.41, 5.74) is 6.97. The molecule has 1 aromatic rings. The minimum atomic E-state index is -0.875. The van der Waals surface area contributed by atoms with E-state index in [9.17, 15) is 9.00 Å². The zero-order valence-electron chi connectivity index (χ0n) is 11.6. The fourth-order valence-electron chi connectivity index (χ4n) is 2.53. The van der Waals surface area contributed by atoms with Gasteiger partial charge in [-0.25, -0.2) is 0 Å². The molecule has 1 aromatic carbocycles. The van der Waals surface area contributed by atoms with Crippen LogP contribution in [0.15, 0.2) is 24.3 Å². The Kier molecular flexibility index (Phi) is 5.59. The second-order valence-corrected chi connectivity index (χ2v) is 7.10. The van der Waals surface area contributed by atoms with Gasteiger partial charge in [-0.3, -0.25) is 9.00 Å². The summed E-state index contributed by atoms with van der Waals surface area (Å²) in [4.78, 5) is 11.8. The fraction of sp³-hybridized carbons (Fsp3) is 0.533. The first-order valence-corrected chi connectivity index (χ1v) is 8.56. The largest absolute Gasteiger partial charge is 0.399 e. The van der Waals surface area contributed by atoms with Crippen molar-refractivity contribution >= 4 is 28.1 Å². The second-order valence-electron chi connectivity index (χ2n) is 5.27. The van der Waals surface area contributed by atoms with Crippen molar-refractivity contribution in [2.45, 2.75) is 43.8 Å². The van der Waals surface area contributed by atoms with Crippen LogP contribution in [-0.4, -0.2) is 21.1 Å². The summed E-state index contributed by atoms with van der Waals surface area (Å²) in [7, 11) is -0.875. The Bertz CT molecular complexity index is 485. The first-order valence-electron chi connectivity index (χ1n) is 7.18. The number of nitrogens with one attached hydrogen (secondary N) is 1. The molecular formula is C15H22N2O2S. The van der Waals surface area contributed by atoms with Crippen LogP contribution in [0.1, 0.15) is 38.5 Å². The number of rotatable bonds is 5. The molecule has 1 aliphatic rings. The van der Waals surface area contributed by atoms with Gasteiger partial charge in [0.05, 0.1) is 0 Å². The summed E-state index contributed by atoms with van der Waals surface area (Å²) >= 11 is 0. The molecule has 0 radical (unpaired) electrons. The highest BCUT2D eigenvalue weighted by Gasteiger charge is 2.20. The Labute approximate surface area is 122 Å². The lowest BCUT2D eigenvalue weighted by Crippen LogP contribution is -2.23. The third-order valence-electron chi connectivity index (χ3n) is 3.62. The molecule has 3 N–H and O–H groups in total. The average Bonchev–Trinajstić information content (AvgIpc) is 2.46. The Morgan fingerprint density at radius 1 is 1.30 bits per heavy atom. The first-order chi connectivity index (χ1) is 9.65. The van der Waals surface area contributed by atoms with E-state index in [1.54, 1.807) is 24.3 Å². The van der Waals surface area contributed by atoms with E-state index in [1.807, 2.05) is 0 Å². The summed E-state index contributed by atoms with van der Waals surface area (Å²) in [6.45, 7) is 0. The minimum absolute atomic E-state index is 0.0974. The van der Waals surface area contributed by atoms with Crippen LogP contribution in [0.5, 0.6) is 0 Å². The van der Waals surface area contributed by atoms with E-state index < -0.39 is 10.8 Å². The number of benzene rings is 1. The molecule has 1 amide bonds. The van der Waals surface area contributed by atoms with Crippen molar-refractivity contribution in [2.24, 2.45) is 0 Å². The normalized spacial score (nSPS) is 17.6. The number of hydrogen-bond donors (Lipinski definition) is 2. The standard InChI is InChI=1S/C15H22N2O2S/c16-12-5-4-6-13(11-12)17-15(18)9-10-20(19)14-7-2-1-3-8-14/h4-6,11,14H,1-3,7-10,16H2,(H,17,18). The molecule has 5 heteroatoms. The van der Waals surface area contributed by atoms with Gasteiger partial charge in [0.25, 0.3) is 0 Å². The molecule has 1 aliphatic carbocycles. The van der Waals surface area contributed by atoms with Crippen LogP contribution in [0.25, 0.3) is 0 Å². The molecule has 1 unspecified atom stereocenters. The van der Waals surface area contributed by atoms with Gasteiger partial charge in [0, 0.05) is 39.6 Å². The molecule has 1 fully saturated rings. The molecule has 110 valence electrons. The van der Waals surface area contributed by atoms with Gasteiger partial charge >= 0.3 is 0 Å². The highest BCUT2D eigenvalue weighted by Crippen LogP contribution is 2.22. The summed E-state index contributed by atoms with van der Waals surface area (Å²) in [6, 6.07) is 7.08.